The lowest BCUT2D eigenvalue weighted by Crippen LogP contribution is -2.41. The number of nitrogens with one attached hydrogen (secondary N) is 1. The van der Waals surface area contributed by atoms with Gasteiger partial charge >= 0.3 is 12.1 Å². The Kier molecular flexibility index (Phi) is 28.3. The Balaban J connectivity index is 2.27. The fraction of sp³-hybridized carbons (Fsp3) is 0.947. The van der Waals surface area contributed by atoms with Gasteiger partial charge < -0.3 is 24.4 Å². The van der Waals surface area contributed by atoms with Gasteiger partial charge in [0.15, 0.2) is 0 Å². The molecule has 2 amide bonds. The van der Waals surface area contributed by atoms with Crippen molar-refractivity contribution in [2.45, 2.75) is 200 Å². The van der Waals surface area contributed by atoms with E-state index >= 15 is 0 Å². The maximum Gasteiger partial charge on any atom is 0.471 e. The zero-order valence-corrected chi connectivity index (χ0v) is 30.7. The lowest BCUT2D eigenvalue weighted by molar-refractivity contribution is -0.237. The average Bonchev–Trinajstić information content (AvgIpc) is 3.52. The molecule has 0 aromatic rings. The second-order valence-corrected chi connectivity index (χ2v) is 13.7. The van der Waals surface area contributed by atoms with Crippen molar-refractivity contribution in [1.82, 2.24) is 10.2 Å². The van der Waals surface area contributed by atoms with Crippen molar-refractivity contribution in [3.8, 4) is 0 Å². The zero-order valence-electron chi connectivity index (χ0n) is 30.7. The summed E-state index contributed by atoms with van der Waals surface area (Å²) in [7, 11) is 0. The number of carbonyl (C=O) groups is 2. The Hall–Kier alpha value is -1.39. The number of amides is 2. The van der Waals surface area contributed by atoms with Crippen molar-refractivity contribution >= 4 is 11.8 Å². The Morgan fingerprint density at radius 3 is 1.50 bits per heavy atom. The minimum absolute atomic E-state index is 0.0214. The molecule has 0 saturated carbocycles. The molecule has 0 aromatic heterocycles. The van der Waals surface area contributed by atoms with Crippen LogP contribution in [0.1, 0.15) is 181 Å². The fourth-order valence-corrected chi connectivity index (χ4v) is 6.13. The van der Waals surface area contributed by atoms with Crippen LogP contribution in [0.5, 0.6) is 0 Å². The lowest BCUT2D eigenvalue weighted by atomic mass is 10.0. The quantitative estimate of drug-likeness (QED) is 0.0693. The summed E-state index contributed by atoms with van der Waals surface area (Å²) >= 11 is 0. The van der Waals surface area contributed by atoms with E-state index in [1.165, 1.54) is 128 Å². The van der Waals surface area contributed by atoms with Crippen LogP contribution in [0.2, 0.25) is 0 Å². The van der Waals surface area contributed by atoms with Gasteiger partial charge in [-0.25, -0.2) is 0 Å². The van der Waals surface area contributed by atoms with E-state index in [0.29, 0.717) is 12.8 Å². The van der Waals surface area contributed by atoms with E-state index in [1.54, 1.807) is 5.32 Å². The highest BCUT2D eigenvalue weighted by atomic mass is 19.4. The second kappa shape index (κ2) is 30.4. The molecular weight excluding hydrogens is 621 g/mol. The molecule has 10 heteroatoms. The first-order valence-corrected chi connectivity index (χ1v) is 19.8. The number of ether oxygens (including phenoxy) is 3. The Labute approximate surface area is 291 Å². The van der Waals surface area contributed by atoms with Crippen molar-refractivity contribution in [1.29, 1.82) is 0 Å². The molecule has 0 bridgehead atoms. The van der Waals surface area contributed by atoms with Gasteiger partial charge in [-0.1, -0.05) is 155 Å². The van der Waals surface area contributed by atoms with Crippen LogP contribution < -0.4 is 5.32 Å². The predicted molar refractivity (Wildman–Crippen MR) is 188 cm³/mol. The molecule has 284 valence electrons. The maximum absolute atomic E-state index is 13.2. The standard InChI is InChI=1S/C38H71F3N2O5/c1-3-5-7-9-11-13-15-17-19-21-23-25-29-43(30-26-24-22-20-18-16-14-12-10-8-6-4-2)35(44)28-27-31-46-37-47-33-34(48-37)32-42-36(45)38(39,40)41/h34,37H,3-33H2,1-2H3,(H,42,45). The molecule has 2 atom stereocenters. The van der Waals surface area contributed by atoms with Crippen LogP contribution in [0.15, 0.2) is 0 Å². The summed E-state index contributed by atoms with van der Waals surface area (Å²) in [5.41, 5.74) is 0. The first kappa shape index (κ1) is 44.6. The largest absolute Gasteiger partial charge is 0.471 e. The van der Waals surface area contributed by atoms with Crippen LogP contribution >= 0.6 is 0 Å². The smallest absolute Gasteiger partial charge is 0.346 e. The van der Waals surface area contributed by atoms with E-state index in [-0.39, 0.29) is 25.7 Å². The SMILES string of the molecule is CCCCCCCCCCCCCCN(CCCCCCCCCCCCCC)C(=O)CCCOC1OCC(CNC(=O)C(F)(F)F)O1. The first-order chi connectivity index (χ1) is 23.3. The highest BCUT2D eigenvalue weighted by Gasteiger charge is 2.39. The molecule has 0 radical (unpaired) electrons. The van der Waals surface area contributed by atoms with Crippen molar-refractivity contribution in [3.05, 3.63) is 0 Å². The molecular formula is C38H71F3N2O5. The third-order valence-corrected chi connectivity index (χ3v) is 9.17. The Bertz CT molecular complexity index is 743. The lowest BCUT2D eigenvalue weighted by Gasteiger charge is -2.23. The topological polar surface area (TPSA) is 77.1 Å². The number of hydrogen-bond donors (Lipinski definition) is 1. The third-order valence-electron chi connectivity index (χ3n) is 9.17. The Morgan fingerprint density at radius 2 is 1.08 bits per heavy atom. The van der Waals surface area contributed by atoms with Gasteiger partial charge in [0.25, 0.3) is 6.48 Å². The molecule has 0 aromatic carbocycles. The molecule has 48 heavy (non-hydrogen) atoms. The highest BCUT2D eigenvalue weighted by molar-refractivity contribution is 5.81. The molecule has 2 unspecified atom stereocenters. The van der Waals surface area contributed by atoms with Gasteiger partial charge in [0.1, 0.15) is 6.10 Å². The number of nitrogens with zero attached hydrogens (tertiary/aromatic N) is 1. The van der Waals surface area contributed by atoms with Crippen LogP contribution in [-0.2, 0) is 23.8 Å². The number of hydrogen-bond acceptors (Lipinski definition) is 5. The number of alkyl halides is 3. The average molecular weight is 693 g/mol. The van der Waals surface area contributed by atoms with Gasteiger partial charge in [-0.05, 0) is 19.3 Å². The molecule has 1 fully saturated rings. The van der Waals surface area contributed by atoms with Gasteiger partial charge in [-0.2, -0.15) is 13.2 Å². The van der Waals surface area contributed by atoms with Gasteiger partial charge in [0, 0.05) is 26.1 Å². The van der Waals surface area contributed by atoms with Crippen LogP contribution in [0, 0.1) is 0 Å². The van der Waals surface area contributed by atoms with E-state index in [2.05, 4.69) is 13.8 Å². The molecule has 1 saturated heterocycles. The van der Waals surface area contributed by atoms with Crippen molar-refractivity contribution < 1.29 is 37.0 Å². The minimum atomic E-state index is -4.93. The van der Waals surface area contributed by atoms with Crippen LogP contribution in [-0.4, -0.2) is 68.3 Å². The number of carbonyl (C=O) groups excluding carboxylic acids is 2. The van der Waals surface area contributed by atoms with Crippen molar-refractivity contribution in [2.24, 2.45) is 0 Å². The summed E-state index contributed by atoms with van der Waals surface area (Å²) < 4.78 is 53.4. The van der Waals surface area contributed by atoms with E-state index in [9.17, 15) is 22.8 Å². The summed E-state index contributed by atoms with van der Waals surface area (Å²) in [6, 6.07) is 0. The van der Waals surface area contributed by atoms with Crippen LogP contribution in [0.25, 0.3) is 0 Å². The van der Waals surface area contributed by atoms with Gasteiger partial charge in [0.2, 0.25) is 5.91 Å². The number of rotatable bonds is 33. The van der Waals surface area contributed by atoms with E-state index in [4.69, 9.17) is 14.2 Å². The monoisotopic (exact) mass is 693 g/mol. The summed E-state index contributed by atoms with van der Waals surface area (Å²) in [6.45, 7) is 5.05. The molecule has 1 N–H and O–H groups in total. The van der Waals surface area contributed by atoms with E-state index in [0.717, 1.165) is 38.8 Å². The molecule has 0 aliphatic carbocycles. The maximum atomic E-state index is 13.2. The molecule has 1 heterocycles. The number of unbranched alkanes of at least 4 members (excludes halogenated alkanes) is 22. The summed E-state index contributed by atoms with van der Waals surface area (Å²) in [6.07, 6.45) is 26.2. The molecule has 1 aliphatic rings. The normalized spacial score (nSPS) is 16.4. The van der Waals surface area contributed by atoms with Crippen molar-refractivity contribution in [2.75, 3.05) is 32.8 Å². The summed E-state index contributed by atoms with van der Waals surface area (Å²) in [4.78, 5) is 26.2. The summed E-state index contributed by atoms with van der Waals surface area (Å²) in [5.74, 6) is -1.86. The van der Waals surface area contributed by atoms with Crippen LogP contribution in [0.4, 0.5) is 13.2 Å². The molecule has 7 nitrogen and oxygen atoms in total. The highest BCUT2D eigenvalue weighted by Crippen LogP contribution is 2.18. The van der Waals surface area contributed by atoms with Gasteiger partial charge in [-0.15, -0.1) is 0 Å². The van der Waals surface area contributed by atoms with Crippen LogP contribution in [0.3, 0.4) is 0 Å². The molecule has 0 spiro atoms. The summed E-state index contributed by atoms with van der Waals surface area (Å²) in [5, 5.41) is 1.79. The van der Waals surface area contributed by atoms with Crippen molar-refractivity contribution in [3.63, 3.8) is 0 Å². The van der Waals surface area contributed by atoms with E-state index < -0.39 is 24.7 Å². The Morgan fingerprint density at radius 1 is 0.667 bits per heavy atom. The third kappa shape index (κ3) is 25.6. The predicted octanol–water partition coefficient (Wildman–Crippen LogP) is 10.4. The number of halogens is 3. The fourth-order valence-electron chi connectivity index (χ4n) is 6.13. The molecule has 1 rings (SSSR count). The zero-order chi connectivity index (χ0) is 35.1. The minimum Gasteiger partial charge on any atom is -0.346 e. The molecule has 1 aliphatic heterocycles. The van der Waals surface area contributed by atoms with Gasteiger partial charge in [-0.3, -0.25) is 9.59 Å². The first-order valence-electron chi connectivity index (χ1n) is 19.8. The second-order valence-electron chi connectivity index (χ2n) is 13.7. The van der Waals surface area contributed by atoms with E-state index in [1.807, 2.05) is 4.90 Å². The van der Waals surface area contributed by atoms with Gasteiger partial charge in [0.05, 0.1) is 13.2 Å².